The van der Waals surface area contributed by atoms with E-state index in [-0.39, 0.29) is 5.91 Å². The third-order valence-corrected chi connectivity index (χ3v) is 3.15. The average Bonchev–Trinajstić information content (AvgIpc) is 3.10. The van der Waals surface area contributed by atoms with Crippen LogP contribution in [-0.2, 0) is 11.2 Å². The maximum atomic E-state index is 11.8. The van der Waals surface area contributed by atoms with Gasteiger partial charge in [0.15, 0.2) is 0 Å². The van der Waals surface area contributed by atoms with Gasteiger partial charge in [0, 0.05) is 17.0 Å². The van der Waals surface area contributed by atoms with Crippen LogP contribution < -0.4 is 10.1 Å². The van der Waals surface area contributed by atoms with Crippen molar-refractivity contribution in [3.05, 3.63) is 30.0 Å². The molecule has 1 fully saturated rings. The highest BCUT2D eigenvalue weighted by molar-refractivity contribution is 5.88. The van der Waals surface area contributed by atoms with Gasteiger partial charge in [0.1, 0.15) is 11.3 Å². The second kappa shape index (κ2) is 4.37. The van der Waals surface area contributed by atoms with E-state index < -0.39 is 0 Å². The highest BCUT2D eigenvalue weighted by Crippen LogP contribution is 2.26. The van der Waals surface area contributed by atoms with Gasteiger partial charge in [-0.15, -0.1) is 0 Å². The first-order valence-electron chi connectivity index (χ1n) is 6.10. The molecule has 94 valence electrons. The van der Waals surface area contributed by atoms with E-state index in [1.54, 1.807) is 13.4 Å². The molecule has 0 spiro atoms. The second-order valence-electron chi connectivity index (χ2n) is 4.64. The molecule has 1 aromatic carbocycles. The monoisotopic (exact) mass is 245 g/mol. The molecule has 18 heavy (non-hydrogen) atoms. The largest absolute Gasteiger partial charge is 0.497 e. The summed E-state index contributed by atoms with van der Waals surface area (Å²) in [6.07, 6.45) is 4.21. The normalized spacial score (nSPS) is 14.7. The summed E-state index contributed by atoms with van der Waals surface area (Å²) in [6.45, 7) is 0. The molecule has 3 rings (SSSR count). The van der Waals surface area contributed by atoms with Gasteiger partial charge in [0.25, 0.3) is 0 Å². The van der Waals surface area contributed by atoms with Crippen molar-refractivity contribution in [3.8, 4) is 5.75 Å². The average molecular weight is 245 g/mol. The zero-order chi connectivity index (χ0) is 12.5. The van der Waals surface area contributed by atoms with Gasteiger partial charge in [-0.1, -0.05) is 0 Å². The van der Waals surface area contributed by atoms with Crippen LogP contribution in [0.15, 0.2) is 28.9 Å². The van der Waals surface area contributed by atoms with Crippen LogP contribution in [0.1, 0.15) is 18.4 Å². The minimum Gasteiger partial charge on any atom is -0.497 e. The van der Waals surface area contributed by atoms with E-state index in [1.807, 2.05) is 18.2 Å². The molecule has 0 saturated heterocycles. The molecule has 1 heterocycles. The van der Waals surface area contributed by atoms with Crippen LogP contribution in [0.25, 0.3) is 11.0 Å². The number of benzene rings is 1. The summed E-state index contributed by atoms with van der Waals surface area (Å²) in [4.78, 5) is 11.8. The Morgan fingerprint density at radius 2 is 2.33 bits per heavy atom. The molecule has 0 radical (unpaired) electrons. The minimum atomic E-state index is 0.0584. The number of nitrogens with one attached hydrogen (secondary N) is 1. The van der Waals surface area contributed by atoms with Crippen LogP contribution in [-0.4, -0.2) is 19.1 Å². The van der Waals surface area contributed by atoms with Gasteiger partial charge in [-0.3, -0.25) is 4.79 Å². The lowest BCUT2D eigenvalue weighted by atomic mass is 10.1. The molecule has 0 unspecified atom stereocenters. The number of hydrogen-bond acceptors (Lipinski definition) is 3. The molecule has 1 saturated carbocycles. The third kappa shape index (κ3) is 2.18. The van der Waals surface area contributed by atoms with E-state index in [0.29, 0.717) is 12.5 Å². The first-order chi connectivity index (χ1) is 8.76. The lowest BCUT2D eigenvalue weighted by Gasteiger charge is -2.02. The highest BCUT2D eigenvalue weighted by Gasteiger charge is 2.23. The fraction of sp³-hybridized carbons (Fsp3) is 0.357. The quantitative estimate of drug-likeness (QED) is 0.899. The number of hydrogen-bond donors (Lipinski definition) is 1. The van der Waals surface area contributed by atoms with Crippen LogP contribution in [0.5, 0.6) is 5.75 Å². The number of methoxy groups -OCH3 is 1. The topological polar surface area (TPSA) is 51.5 Å². The van der Waals surface area contributed by atoms with E-state index in [2.05, 4.69) is 5.32 Å². The summed E-state index contributed by atoms with van der Waals surface area (Å²) in [6, 6.07) is 6.00. The van der Waals surface area contributed by atoms with Crippen LogP contribution in [0.2, 0.25) is 0 Å². The zero-order valence-electron chi connectivity index (χ0n) is 10.2. The van der Waals surface area contributed by atoms with E-state index in [9.17, 15) is 4.79 Å². The van der Waals surface area contributed by atoms with E-state index in [4.69, 9.17) is 9.15 Å². The number of rotatable bonds is 4. The Hall–Kier alpha value is -1.97. The van der Waals surface area contributed by atoms with Crippen molar-refractivity contribution in [1.82, 2.24) is 5.32 Å². The fourth-order valence-electron chi connectivity index (χ4n) is 2.00. The maximum Gasteiger partial charge on any atom is 0.224 e. The van der Waals surface area contributed by atoms with E-state index >= 15 is 0 Å². The first kappa shape index (κ1) is 11.1. The van der Waals surface area contributed by atoms with Crippen LogP contribution >= 0.6 is 0 Å². The molecule has 4 nitrogen and oxygen atoms in total. The van der Waals surface area contributed by atoms with Crippen LogP contribution in [0.3, 0.4) is 0 Å². The highest BCUT2D eigenvalue weighted by atomic mass is 16.5. The molecular formula is C14H15NO3. The summed E-state index contributed by atoms with van der Waals surface area (Å²) in [5.41, 5.74) is 1.69. The van der Waals surface area contributed by atoms with Crippen molar-refractivity contribution >= 4 is 16.9 Å². The summed E-state index contributed by atoms with van der Waals surface area (Å²) in [5, 5.41) is 3.92. The molecule has 2 aromatic rings. The van der Waals surface area contributed by atoms with Gasteiger partial charge in [0.2, 0.25) is 5.91 Å². The van der Waals surface area contributed by atoms with Gasteiger partial charge >= 0.3 is 0 Å². The number of carbonyl (C=O) groups is 1. The molecule has 1 aliphatic carbocycles. The van der Waals surface area contributed by atoms with Gasteiger partial charge < -0.3 is 14.5 Å². The number of fused-ring (bicyclic) bond motifs is 1. The number of furan rings is 1. The molecule has 0 atom stereocenters. The number of ether oxygens (including phenoxy) is 1. The maximum absolute atomic E-state index is 11.8. The molecule has 4 heteroatoms. The van der Waals surface area contributed by atoms with Crippen LogP contribution in [0, 0.1) is 0 Å². The van der Waals surface area contributed by atoms with Crippen molar-refractivity contribution < 1.29 is 13.9 Å². The Labute approximate surface area is 105 Å². The van der Waals surface area contributed by atoms with Gasteiger partial charge in [-0.25, -0.2) is 0 Å². The lowest BCUT2D eigenvalue weighted by molar-refractivity contribution is -0.120. The van der Waals surface area contributed by atoms with Crippen molar-refractivity contribution in [2.24, 2.45) is 0 Å². The SMILES string of the molecule is COc1ccc2occ(CC(=O)NC3CC3)c2c1. The van der Waals surface area contributed by atoms with Gasteiger partial charge in [0.05, 0.1) is 19.8 Å². The molecule has 1 N–H and O–H groups in total. The molecule has 1 amide bonds. The summed E-state index contributed by atoms with van der Waals surface area (Å²) in [5.74, 6) is 0.829. The summed E-state index contributed by atoms with van der Waals surface area (Å²) in [7, 11) is 1.63. The van der Waals surface area contributed by atoms with Crippen molar-refractivity contribution in [3.63, 3.8) is 0 Å². The Kier molecular flexibility index (Phi) is 2.70. The lowest BCUT2D eigenvalue weighted by Crippen LogP contribution is -2.26. The standard InChI is InChI=1S/C14H15NO3/c1-17-11-4-5-13-12(7-11)9(8-18-13)6-14(16)15-10-2-3-10/h4-5,7-8,10H,2-3,6H2,1H3,(H,15,16). The second-order valence-corrected chi connectivity index (χ2v) is 4.64. The van der Waals surface area contributed by atoms with Crippen molar-refractivity contribution in [2.75, 3.05) is 7.11 Å². The Morgan fingerprint density at radius 3 is 3.06 bits per heavy atom. The predicted octanol–water partition coefficient (Wildman–Crippen LogP) is 2.26. The molecular weight excluding hydrogens is 230 g/mol. The fourth-order valence-corrected chi connectivity index (χ4v) is 2.00. The summed E-state index contributed by atoms with van der Waals surface area (Å²) < 4.78 is 10.6. The van der Waals surface area contributed by atoms with Crippen molar-refractivity contribution in [2.45, 2.75) is 25.3 Å². The smallest absolute Gasteiger partial charge is 0.224 e. The summed E-state index contributed by atoms with van der Waals surface area (Å²) >= 11 is 0. The first-order valence-corrected chi connectivity index (χ1v) is 6.10. The van der Waals surface area contributed by atoms with E-state index in [0.717, 1.165) is 35.1 Å². The number of carbonyl (C=O) groups excluding carboxylic acids is 1. The van der Waals surface area contributed by atoms with Gasteiger partial charge in [-0.05, 0) is 31.0 Å². The van der Waals surface area contributed by atoms with Crippen molar-refractivity contribution in [1.29, 1.82) is 0 Å². The predicted molar refractivity (Wildman–Crippen MR) is 67.6 cm³/mol. The van der Waals surface area contributed by atoms with Gasteiger partial charge in [-0.2, -0.15) is 0 Å². The Bertz CT molecular complexity index is 584. The van der Waals surface area contributed by atoms with E-state index in [1.165, 1.54) is 0 Å². The Balaban J connectivity index is 1.83. The number of amides is 1. The molecule has 1 aliphatic rings. The zero-order valence-corrected chi connectivity index (χ0v) is 10.2. The third-order valence-electron chi connectivity index (χ3n) is 3.15. The molecule has 0 bridgehead atoms. The minimum absolute atomic E-state index is 0.0584. The Morgan fingerprint density at radius 1 is 1.50 bits per heavy atom. The molecule has 1 aromatic heterocycles. The molecule has 0 aliphatic heterocycles. The van der Waals surface area contributed by atoms with Crippen LogP contribution in [0.4, 0.5) is 0 Å².